The molecule has 1 amide bonds. The van der Waals surface area contributed by atoms with Gasteiger partial charge in [-0.1, -0.05) is 30.4 Å². The molecule has 0 radical (unpaired) electrons. The molecule has 4 atom stereocenters. The van der Waals surface area contributed by atoms with E-state index in [9.17, 15) is 18.8 Å². The maximum atomic E-state index is 14.1. The Morgan fingerprint density at radius 2 is 1.94 bits per heavy atom. The number of pyridine rings is 1. The SMILES string of the molecule is CC(=O)[C@@H]1[C@H](C(=O)c2cccnc2)[C@]2(C(=O)Nc3ccccc32)[C@@H]2C=Cc3cc(F)ccc3N12. The Morgan fingerprint density at radius 1 is 1.12 bits per heavy atom. The summed E-state index contributed by atoms with van der Waals surface area (Å²) in [5.41, 5.74) is 1.50. The highest BCUT2D eigenvalue weighted by atomic mass is 19.1. The number of nitrogens with one attached hydrogen (secondary N) is 1. The average molecular weight is 453 g/mol. The van der Waals surface area contributed by atoms with Crippen LogP contribution in [0.25, 0.3) is 6.08 Å². The summed E-state index contributed by atoms with van der Waals surface area (Å²) >= 11 is 0. The quantitative estimate of drug-likeness (QED) is 0.611. The molecule has 4 heterocycles. The van der Waals surface area contributed by atoms with Crippen molar-refractivity contribution in [2.45, 2.75) is 24.4 Å². The summed E-state index contributed by atoms with van der Waals surface area (Å²) < 4.78 is 14.0. The highest BCUT2D eigenvalue weighted by molar-refractivity contribution is 6.16. The van der Waals surface area contributed by atoms with E-state index in [2.05, 4.69) is 10.3 Å². The molecule has 1 N–H and O–H groups in total. The number of anilines is 2. The van der Waals surface area contributed by atoms with Gasteiger partial charge in [-0.25, -0.2) is 4.39 Å². The molecule has 6 nitrogen and oxygen atoms in total. The van der Waals surface area contributed by atoms with Gasteiger partial charge in [0.2, 0.25) is 5.91 Å². The van der Waals surface area contributed by atoms with Crippen LogP contribution in [0.2, 0.25) is 0 Å². The molecule has 0 aliphatic carbocycles. The monoisotopic (exact) mass is 453 g/mol. The number of para-hydroxylation sites is 1. The van der Waals surface area contributed by atoms with Gasteiger partial charge in [-0.15, -0.1) is 0 Å². The predicted octanol–water partition coefficient (Wildman–Crippen LogP) is 3.78. The second-order valence-electron chi connectivity index (χ2n) is 8.92. The van der Waals surface area contributed by atoms with Gasteiger partial charge in [0.05, 0.1) is 18.0 Å². The topological polar surface area (TPSA) is 79.4 Å². The number of rotatable bonds is 3. The first-order valence-electron chi connectivity index (χ1n) is 11.1. The largest absolute Gasteiger partial charge is 0.352 e. The molecule has 1 fully saturated rings. The Balaban J connectivity index is 1.67. The molecule has 0 unspecified atom stereocenters. The zero-order valence-corrected chi connectivity index (χ0v) is 18.2. The zero-order valence-electron chi connectivity index (χ0n) is 18.2. The van der Waals surface area contributed by atoms with Crippen molar-refractivity contribution in [3.63, 3.8) is 0 Å². The number of hydrogen-bond donors (Lipinski definition) is 1. The maximum Gasteiger partial charge on any atom is 0.238 e. The first kappa shape index (κ1) is 20.5. The number of benzene rings is 2. The fourth-order valence-corrected chi connectivity index (χ4v) is 5.99. The van der Waals surface area contributed by atoms with Crippen molar-refractivity contribution in [1.29, 1.82) is 0 Å². The third kappa shape index (κ3) is 2.55. The highest BCUT2D eigenvalue weighted by Gasteiger charge is 2.69. The summed E-state index contributed by atoms with van der Waals surface area (Å²) in [5.74, 6) is -2.31. The Hall–Kier alpha value is -4.13. The van der Waals surface area contributed by atoms with Gasteiger partial charge in [-0.05, 0) is 48.9 Å². The minimum absolute atomic E-state index is 0.244. The van der Waals surface area contributed by atoms with Crippen LogP contribution in [-0.4, -0.2) is 34.5 Å². The van der Waals surface area contributed by atoms with Crippen LogP contribution in [0, 0.1) is 11.7 Å². The Bertz CT molecular complexity index is 1400. The van der Waals surface area contributed by atoms with E-state index in [0.29, 0.717) is 28.1 Å². The van der Waals surface area contributed by atoms with Gasteiger partial charge in [0.25, 0.3) is 0 Å². The standard InChI is InChI=1S/C27H20FN3O3/c1-15(32)24-23(25(33)17-5-4-12-29-14-17)27(19-6-2-3-7-20(19)30-26(27)34)22-11-8-16-13-18(28)9-10-21(16)31(22)24/h2-14,22-24H,1H3,(H,30,34)/t22-,23+,24+,27+/m0/s1. The summed E-state index contributed by atoms with van der Waals surface area (Å²) in [7, 11) is 0. The molecule has 1 spiro atoms. The van der Waals surface area contributed by atoms with Crippen molar-refractivity contribution in [3.8, 4) is 0 Å². The summed E-state index contributed by atoms with van der Waals surface area (Å²) in [6.45, 7) is 1.44. The normalized spacial score (nSPS) is 26.1. The molecule has 3 aromatic rings. The van der Waals surface area contributed by atoms with Crippen molar-refractivity contribution in [2.75, 3.05) is 10.2 Å². The molecule has 168 valence electrons. The van der Waals surface area contributed by atoms with Gasteiger partial charge in [0, 0.05) is 34.9 Å². The molecule has 1 aromatic heterocycles. The molecule has 34 heavy (non-hydrogen) atoms. The van der Waals surface area contributed by atoms with Gasteiger partial charge in [0.1, 0.15) is 11.2 Å². The van der Waals surface area contributed by atoms with Crippen molar-refractivity contribution < 1.29 is 18.8 Å². The summed E-state index contributed by atoms with van der Waals surface area (Å²) in [6, 6.07) is 13.4. The number of halogens is 1. The van der Waals surface area contributed by atoms with Crippen molar-refractivity contribution in [3.05, 3.63) is 95.6 Å². The molecule has 3 aliphatic rings. The molecule has 0 saturated carbocycles. The number of amides is 1. The van der Waals surface area contributed by atoms with Crippen LogP contribution in [0.3, 0.4) is 0 Å². The van der Waals surface area contributed by atoms with E-state index in [0.717, 1.165) is 0 Å². The van der Waals surface area contributed by atoms with E-state index < -0.39 is 29.2 Å². The zero-order chi connectivity index (χ0) is 23.6. The van der Waals surface area contributed by atoms with E-state index >= 15 is 0 Å². The maximum absolute atomic E-state index is 14.1. The number of hydrogen-bond acceptors (Lipinski definition) is 5. The first-order valence-corrected chi connectivity index (χ1v) is 11.1. The van der Waals surface area contributed by atoms with E-state index in [1.165, 1.54) is 25.3 Å². The molecule has 7 heteroatoms. The van der Waals surface area contributed by atoms with Crippen LogP contribution in [0.15, 0.2) is 73.1 Å². The minimum atomic E-state index is -1.34. The summed E-state index contributed by atoms with van der Waals surface area (Å²) in [4.78, 5) is 47.1. The third-order valence-electron chi connectivity index (χ3n) is 7.24. The van der Waals surface area contributed by atoms with Gasteiger partial charge in [0.15, 0.2) is 11.6 Å². The Kier molecular flexibility index (Phi) is 4.33. The van der Waals surface area contributed by atoms with Crippen molar-refractivity contribution in [1.82, 2.24) is 4.98 Å². The molecule has 0 bridgehead atoms. The number of aromatic nitrogens is 1. The molecule has 1 saturated heterocycles. The number of ketones is 2. The predicted molar refractivity (Wildman–Crippen MR) is 125 cm³/mol. The van der Waals surface area contributed by atoms with Crippen LogP contribution in [0.5, 0.6) is 0 Å². The fraction of sp³-hybridized carbons (Fsp3) is 0.185. The number of fused-ring (bicyclic) bond motifs is 6. The molecular weight excluding hydrogens is 433 g/mol. The average Bonchev–Trinajstić information content (AvgIpc) is 3.32. The number of carbonyl (C=O) groups excluding carboxylic acids is 3. The lowest BCUT2D eigenvalue weighted by molar-refractivity contribution is -0.122. The van der Waals surface area contributed by atoms with Gasteiger partial charge < -0.3 is 10.2 Å². The first-order chi connectivity index (χ1) is 16.4. The Morgan fingerprint density at radius 3 is 2.71 bits per heavy atom. The smallest absolute Gasteiger partial charge is 0.238 e. The van der Waals surface area contributed by atoms with Gasteiger partial charge in [-0.2, -0.15) is 0 Å². The van der Waals surface area contributed by atoms with Crippen molar-refractivity contribution >= 4 is 34.9 Å². The van der Waals surface area contributed by atoms with Crippen LogP contribution in [0.4, 0.5) is 15.8 Å². The lowest BCUT2D eigenvalue weighted by Gasteiger charge is -2.37. The lowest BCUT2D eigenvalue weighted by atomic mass is 9.64. The third-order valence-corrected chi connectivity index (χ3v) is 7.24. The van der Waals surface area contributed by atoms with E-state index in [1.807, 2.05) is 29.2 Å². The van der Waals surface area contributed by atoms with E-state index in [4.69, 9.17) is 0 Å². The van der Waals surface area contributed by atoms with E-state index in [-0.39, 0.29) is 17.5 Å². The van der Waals surface area contributed by atoms with Crippen LogP contribution < -0.4 is 10.2 Å². The lowest BCUT2D eigenvalue weighted by Crippen LogP contribution is -2.51. The highest BCUT2D eigenvalue weighted by Crippen LogP contribution is 2.57. The van der Waals surface area contributed by atoms with Crippen molar-refractivity contribution in [2.24, 2.45) is 5.92 Å². The Labute approximate surface area is 195 Å². The van der Waals surface area contributed by atoms with Crippen LogP contribution in [0.1, 0.15) is 28.4 Å². The number of nitrogens with zero attached hydrogens (tertiary/aromatic N) is 2. The second-order valence-corrected chi connectivity index (χ2v) is 8.92. The summed E-state index contributed by atoms with van der Waals surface area (Å²) in [6.07, 6.45) is 6.61. The molecular formula is C27H20FN3O3. The van der Waals surface area contributed by atoms with Crippen LogP contribution >= 0.6 is 0 Å². The van der Waals surface area contributed by atoms with Gasteiger partial charge >= 0.3 is 0 Å². The fourth-order valence-electron chi connectivity index (χ4n) is 5.99. The van der Waals surface area contributed by atoms with E-state index in [1.54, 1.807) is 36.5 Å². The molecule has 3 aliphatic heterocycles. The number of Topliss-reactive ketones (excluding diaryl/α,β-unsaturated/α-hetero) is 2. The van der Waals surface area contributed by atoms with Gasteiger partial charge in [-0.3, -0.25) is 19.4 Å². The van der Waals surface area contributed by atoms with Crippen LogP contribution in [-0.2, 0) is 15.0 Å². The number of carbonyl (C=O) groups is 3. The minimum Gasteiger partial charge on any atom is -0.352 e. The molecule has 2 aromatic carbocycles. The summed E-state index contributed by atoms with van der Waals surface area (Å²) in [5, 5.41) is 2.95. The second kappa shape index (κ2) is 7.18. The molecule has 6 rings (SSSR count).